The van der Waals surface area contributed by atoms with Gasteiger partial charge in [0.2, 0.25) is 0 Å². The third-order valence-corrected chi connectivity index (χ3v) is 4.56. The average Bonchev–Trinajstić information content (AvgIpc) is 2.81. The summed E-state index contributed by atoms with van der Waals surface area (Å²) in [5.74, 6) is 1.91. The number of nitrogens with one attached hydrogen (secondary N) is 1. The van der Waals surface area contributed by atoms with Crippen molar-refractivity contribution in [2.45, 2.75) is 32.6 Å². The van der Waals surface area contributed by atoms with Gasteiger partial charge in [-0.3, -0.25) is 0 Å². The zero-order valence-corrected chi connectivity index (χ0v) is 13.5. The first kappa shape index (κ1) is 14.2. The van der Waals surface area contributed by atoms with Crippen molar-refractivity contribution in [3.63, 3.8) is 0 Å². The molecule has 2 aromatic heterocycles. The summed E-state index contributed by atoms with van der Waals surface area (Å²) in [6.45, 7) is 4.16. The molecule has 1 saturated heterocycles. The third kappa shape index (κ3) is 2.81. The van der Waals surface area contributed by atoms with E-state index in [2.05, 4.69) is 45.2 Å². The molecule has 23 heavy (non-hydrogen) atoms. The average molecular weight is 306 g/mol. The number of hydrogen-bond donors (Lipinski definition) is 1. The van der Waals surface area contributed by atoms with Gasteiger partial charge < -0.3 is 9.88 Å². The third-order valence-electron chi connectivity index (χ3n) is 4.56. The lowest BCUT2D eigenvalue weighted by Crippen LogP contribution is -2.25. The van der Waals surface area contributed by atoms with Crippen molar-refractivity contribution in [2.24, 2.45) is 0 Å². The predicted octanol–water partition coefficient (Wildman–Crippen LogP) is 4.31. The van der Waals surface area contributed by atoms with E-state index >= 15 is 0 Å². The van der Waals surface area contributed by atoms with Crippen LogP contribution in [0.2, 0.25) is 0 Å². The molecule has 4 nitrogen and oxygen atoms in total. The molecular formula is C19H22N4. The van der Waals surface area contributed by atoms with Gasteiger partial charge in [0.1, 0.15) is 11.3 Å². The fourth-order valence-electron chi connectivity index (χ4n) is 3.40. The molecule has 1 N–H and O–H groups in total. The maximum atomic E-state index is 4.76. The van der Waals surface area contributed by atoms with Crippen LogP contribution in [0.15, 0.2) is 36.4 Å². The molecular weight excluding hydrogens is 284 g/mol. The molecule has 0 spiro atoms. The molecule has 0 aliphatic carbocycles. The Morgan fingerprint density at radius 2 is 1.70 bits per heavy atom. The second kappa shape index (κ2) is 6.03. The van der Waals surface area contributed by atoms with Gasteiger partial charge in [0, 0.05) is 18.8 Å². The molecule has 0 amide bonds. The van der Waals surface area contributed by atoms with Gasteiger partial charge in [0.15, 0.2) is 5.82 Å². The van der Waals surface area contributed by atoms with Gasteiger partial charge in [-0.25, -0.2) is 9.97 Å². The number of aromatic amines is 1. The zero-order chi connectivity index (χ0) is 15.6. The monoisotopic (exact) mass is 306 g/mol. The van der Waals surface area contributed by atoms with Crippen molar-refractivity contribution in [1.29, 1.82) is 0 Å². The minimum Gasteiger partial charge on any atom is -0.355 e. The minimum absolute atomic E-state index is 0.843. The lowest BCUT2D eigenvalue weighted by molar-refractivity contribution is 0.726. The highest BCUT2D eigenvalue weighted by Crippen LogP contribution is 2.29. The fraction of sp³-hybridized carbons (Fsp3) is 0.368. The topological polar surface area (TPSA) is 44.8 Å². The summed E-state index contributed by atoms with van der Waals surface area (Å²) < 4.78 is 0. The Morgan fingerprint density at radius 3 is 2.43 bits per heavy atom. The highest BCUT2D eigenvalue weighted by molar-refractivity contribution is 5.90. The van der Waals surface area contributed by atoms with Gasteiger partial charge in [-0.2, -0.15) is 0 Å². The van der Waals surface area contributed by atoms with Crippen LogP contribution in [0.4, 0.5) is 5.82 Å². The van der Waals surface area contributed by atoms with Gasteiger partial charge >= 0.3 is 0 Å². The van der Waals surface area contributed by atoms with E-state index in [1.54, 1.807) is 0 Å². The smallest absolute Gasteiger partial charge is 0.156 e. The summed E-state index contributed by atoms with van der Waals surface area (Å²) >= 11 is 0. The Morgan fingerprint density at radius 1 is 0.957 bits per heavy atom. The number of rotatable bonds is 2. The quantitative estimate of drug-likeness (QED) is 0.767. The van der Waals surface area contributed by atoms with E-state index in [0.717, 1.165) is 41.5 Å². The highest BCUT2D eigenvalue weighted by atomic mass is 15.2. The maximum Gasteiger partial charge on any atom is 0.156 e. The van der Waals surface area contributed by atoms with Crippen LogP contribution in [0, 0.1) is 6.92 Å². The van der Waals surface area contributed by atoms with Gasteiger partial charge in [-0.1, -0.05) is 43.2 Å². The van der Waals surface area contributed by atoms with Crippen molar-refractivity contribution in [3.05, 3.63) is 42.2 Å². The standard InChI is InChI=1S/C19H22N4/c1-14-20-17-13-16(15-9-5-4-6-10-15)22-18(17)19(21-14)23-11-7-2-3-8-12-23/h4-6,9-10,13,22H,2-3,7-8,11-12H2,1H3. The lowest BCUT2D eigenvalue weighted by atomic mass is 10.2. The van der Waals surface area contributed by atoms with Crippen LogP contribution in [0.5, 0.6) is 0 Å². The lowest BCUT2D eigenvalue weighted by Gasteiger charge is -2.22. The van der Waals surface area contributed by atoms with Crippen molar-refractivity contribution >= 4 is 16.9 Å². The van der Waals surface area contributed by atoms with E-state index in [0.29, 0.717) is 0 Å². The van der Waals surface area contributed by atoms with Crippen molar-refractivity contribution in [3.8, 4) is 11.3 Å². The molecule has 1 aliphatic rings. The Kier molecular flexibility index (Phi) is 3.74. The Labute approximate surface area is 136 Å². The molecule has 118 valence electrons. The Balaban J connectivity index is 1.82. The number of benzene rings is 1. The maximum absolute atomic E-state index is 4.76. The van der Waals surface area contributed by atoms with Crippen LogP contribution >= 0.6 is 0 Å². The van der Waals surface area contributed by atoms with E-state index in [4.69, 9.17) is 4.98 Å². The molecule has 1 aromatic carbocycles. The molecule has 4 rings (SSSR count). The van der Waals surface area contributed by atoms with Crippen molar-refractivity contribution in [1.82, 2.24) is 15.0 Å². The molecule has 3 heterocycles. The molecule has 0 saturated carbocycles. The van der Waals surface area contributed by atoms with Crippen molar-refractivity contribution < 1.29 is 0 Å². The number of fused-ring (bicyclic) bond motifs is 1. The number of nitrogens with zero attached hydrogens (tertiary/aromatic N) is 3. The first-order valence-corrected chi connectivity index (χ1v) is 8.49. The summed E-state index contributed by atoms with van der Waals surface area (Å²) in [5.41, 5.74) is 4.37. The van der Waals surface area contributed by atoms with Crippen LogP contribution in [0.3, 0.4) is 0 Å². The first-order valence-electron chi connectivity index (χ1n) is 8.49. The second-order valence-electron chi connectivity index (χ2n) is 6.30. The molecule has 0 unspecified atom stereocenters. The summed E-state index contributed by atoms with van der Waals surface area (Å²) in [7, 11) is 0. The zero-order valence-electron chi connectivity index (χ0n) is 13.5. The number of aromatic nitrogens is 3. The predicted molar refractivity (Wildman–Crippen MR) is 94.7 cm³/mol. The van der Waals surface area contributed by atoms with Gasteiger partial charge in [0.25, 0.3) is 0 Å². The van der Waals surface area contributed by atoms with E-state index in [1.807, 2.05) is 13.0 Å². The molecule has 1 fully saturated rings. The highest BCUT2D eigenvalue weighted by Gasteiger charge is 2.17. The van der Waals surface area contributed by atoms with Crippen LogP contribution in [-0.2, 0) is 0 Å². The van der Waals surface area contributed by atoms with Crippen LogP contribution in [-0.4, -0.2) is 28.0 Å². The number of anilines is 1. The number of hydrogen-bond acceptors (Lipinski definition) is 3. The fourth-order valence-corrected chi connectivity index (χ4v) is 3.40. The Bertz CT molecular complexity index is 799. The number of aryl methyl sites for hydroxylation is 1. The number of H-pyrrole nitrogens is 1. The van der Waals surface area contributed by atoms with Crippen LogP contribution < -0.4 is 4.90 Å². The molecule has 3 aromatic rings. The largest absolute Gasteiger partial charge is 0.355 e. The summed E-state index contributed by atoms with van der Waals surface area (Å²) in [5, 5.41) is 0. The van der Waals surface area contributed by atoms with Gasteiger partial charge in [0.05, 0.1) is 5.52 Å². The summed E-state index contributed by atoms with van der Waals surface area (Å²) in [6.07, 6.45) is 5.14. The van der Waals surface area contributed by atoms with E-state index in [9.17, 15) is 0 Å². The van der Waals surface area contributed by atoms with Crippen molar-refractivity contribution in [2.75, 3.05) is 18.0 Å². The molecule has 1 aliphatic heterocycles. The van der Waals surface area contributed by atoms with Crippen LogP contribution in [0.1, 0.15) is 31.5 Å². The summed E-state index contributed by atoms with van der Waals surface area (Å²) in [4.78, 5) is 15.4. The second-order valence-corrected chi connectivity index (χ2v) is 6.30. The first-order chi connectivity index (χ1) is 11.3. The van der Waals surface area contributed by atoms with Gasteiger partial charge in [-0.05, 0) is 31.4 Å². The van der Waals surface area contributed by atoms with Gasteiger partial charge in [-0.15, -0.1) is 0 Å². The molecule has 0 radical (unpaired) electrons. The molecule has 0 bridgehead atoms. The molecule has 0 atom stereocenters. The summed E-state index contributed by atoms with van der Waals surface area (Å²) in [6, 6.07) is 12.5. The normalized spacial score (nSPS) is 15.8. The van der Waals surface area contributed by atoms with E-state index in [-0.39, 0.29) is 0 Å². The van der Waals surface area contributed by atoms with Crippen LogP contribution in [0.25, 0.3) is 22.3 Å². The van der Waals surface area contributed by atoms with E-state index < -0.39 is 0 Å². The SMILES string of the molecule is Cc1nc(N2CCCCCC2)c2[nH]c(-c3ccccc3)cc2n1. The minimum atomic E-state index is 0.843. The van der Waals surface area contributed by atoms with E-state index in [1.165, 1.54) is 31.2 Å². The molecule has 4 heteroatoms. The Hall–Kier alpha value is -2.36.